The minimum absolute atomic E-state index is 0.444. The summed E-state index contributed by atoms with van der Waals surface area (Å²) in [5.74, 6) is 0.444. The Morgan fingerprint density at radius 3 is 2.36 bits per heavy atom. The maximum absolute atomic E-state index is 11.4. The third-order valence-electron chi connectivity index (χ3n) is 2.06. The number of hydrogen-bond donors (Lipinski definition) is 0. The summed E-state index contributed by atoms with van der Waals surface area (Å²) in [6.07, 6.45) is 5.21. The van der Waals surface area contributed by atoms with Gasteiger partial charge in [-0.25, -0.2) is 0 Å². The second-order valence-electron chi connectivity index (χ2n) is 4.18. The van der Waals surface area contributed by atoms with Gasteiger partial charge in [0, 0.05) is 0 Å². The first-order chi connectivity index (χ1) is 5.02. The fraction of sp³-hybridized carbons (Fsp3) is 0.667. The second-order valence-corrected chi connectivity index (χ2v) is 18.6. The van der Waals surface area contributed by atoms with Crippen LogP contribution in [0.5, 0.6) is 0 Å². The molecule has 0 amide bonds. The predicted molar refractivity (Wildman–Crippen MR) is 50.3 cm³/mol. The van der Waals surface area contributed by atoms with Gasteiger partial charge in [0.05, 0.1) is 0 Å². The Bertz CT molecular complexity index is 198. The predicted octanol–water partition coefficient (Wildman–Crippen LogP) is 2.54. The van der Waals surface area contributed by atoms with E-state index in [4.69, 9.17) is 0 Å². The molecule has 0 saturated carbocycles. The van der Waals surface area contributed by atoms with Crippen LogP contribution in [0.25, 0.3) is 0 Å². The molecule has 0 aliphatic heterocycles. The van der Waals surface area contributed by atoms with Crippen LogP contribution in [-0.4, -0.2) is 24.2 Å². The Morgan fingerprint density at radius 2 is 2.00 bits per heavy atom. The van der Waals surface area contributed by atoms with Crippen LogP contribution in [0, 0.1) is 0 Å². The zero-order valence-electron chi connectivity index (χ0n) is 7.61. The van der Waals surface area contributed by atoms with E-state index in [1.807, 2.05) is 0 Å². The van der Waals surface area contributed by atoms with Gasteiger partial charge >= 0.3 is 72.7 Å². The summed E-state index contributed by atoms with van der Waals surface area (Å²) in [5.41, 5.74) is 0. The standard InChI is InChI=1S/C6H7O.3CH3.Sn/c7-6-4-2-1-3-5-6;;;;/h2H,1,3,5H2;3*1H3;. The van der Waals surface area contributed by atoms with Crippen molar-refractivity contribution in [3.8, 4) is 0 Å². The van der Waals surface area contributed by atoms with Gasteiger partial charge in [-0.3, -0.25) is 0 Å². The molecular formula is C9H16OSn. The molecule has 0 atom stereocenters. The summed E-state index contributed by atoms with van der Waals surface area (Å²) < 4.78 is 1.24. The zero-order chi connectivity index (χ0) is 8.48. The van der Waals surface area contributed by atoms with Crippen molar-refractivity contribution in [2.75, 3.05) is 0 Å². The van der Waals surface area contributed by atoms with Crippen molar-refractivity contribution in [1.82, 2.24) is 0 Å². The fourth-order valence-corrected chi connectivity index (χ4v) is 6.39. The zero-order valence-corrected chi connectivity index (χ0v) is 10.5. The molecule has 1 nitrogen and oxygen atoms in total. The number of ketones is 1. The summed E-state index contributed by atoms with van der Waals surface area (Å²) >= 11 is -2.00. The number of allylic oxidation sites excluding steroid dienone is 2. The van der Waals surface area contributed by atoms with Gasteiger partial charge in [-0.15, -0.1) is 0 Å². The topological polar surface area (TPSA) is 17.1 Å². The quantitative estimate of drug-likeness (QED) is 0.661. The summed E-state index contributed by atoms with van der Waals surface area (Å²) in [4.78, 5) is 18.4. The van der Waals surface area contributed by atoms with Gasteiger partial charge in [-0.2, -0.15) is 0 Å². The molecule has 0 radical (unpaired) electrons. The molecule has 0 N–H and O–H groups in total. The van der Waals surface area contributed by atoms with Crippen LogP contribution >= 0.6 is 0 Å². The van der Waals surface area contributed by atoms with Gasteiger partial charge < -0.3 is 0 Å². The van der Waals surface area contributed by atoms with Crippen LogP contribution in [0.15, 0.2) is 9.67 Å². The average Bonchev–Trinajstić information content (AvgIpc) is 1.86. The molecule has 0 aromatic heterocycles. The van der Waals surface area contributed by atoms with Crippen LogP contribution in [0.4, 0.5) is 0 Å². The monoisotopic (exact) mass is 260 g/mol. The number of carbonyl (C=O) groups is 1. The van der Waals surface area contributed by atoms with Gasteiger partial charge in [0.15, 0.2) is 0 Å². The third-order valence-corrected chi connectivity index (χ3v) is 8.06. The Hall–Kier alpha value is 0.209. The number of hydrogen-bond acceptors (Lipinski definition) is 1. The van der Waals surface area contributed by atoms with E-state index < -0.39 is 18.4 Å². The van der Waals surface area contributed by atoms with Crippen molar-refractivity contribution in [1.29, 1.82) is 0 Å². The van der Waals surface area contributed by atoms with Crippen molar-refractivity contribution in [2.24, 2.45) is 0 Å². The molecule has 0 bridgehead atoms. The molecule has 0 aromatic carbocycles. The second kappa shape index (κ2) is 3.30. The number of rotatable bonds is 1. The van der Waals surface area contributed by atoms with Crippen molar-refractivity contribution >= 4 is 24.2 Å². The third kappa shape index (κ3) is 2.32. The van der Waals surface area contributed by atoms with Gasteiger partial charge in [0.2, 0.25) is 0 Å². The molecule has 0 fully saturated rings. The fourth-order valence-electron chi connectivity index (χ4n) is 1.48. The van der Waals surface area contributed by atoms with Crippen molar-refractivity contribution in [3.63, 3.8) is 0 Å². The van der Waals surface area contributed by atoms with Crippen molar-refractivity contribution < 1.29 is 4.79 Å². The summed E-state index contributed by atoms with van der Waals surface area (Å²) in [5, 5.41) is 0. The molecule has 1 rings (SSSR count). The van der Waals surface area contributed by atoms with E-state index in [1.54, 1.807) is 0 Å². The maximum atomic E-state index is 11.4. The van der Waals surface area contributed by atoms with Crippen LogP contribution in [-0.2, 0) is 4.79 Å². The Balaban J connectivity index is 2.85. The first-order valence-electron chi connectivity index (χ1n) is 4.25. The molecule has 0 saturated heterocycles. The minimum atomic E-state index is -2.00. The van der Waals surface area contributed by atoms with Crippen LogP contribution in [0.1, 0.15) is 19.3 Å². The summed E-state index contributed by atoms with van der Waals surface area (Å²) in [6.45, 7) is 0. The SMILES string of the molecule is [CH3][Sn]([CH3])([CH3])[C]1=CCCCC1=O. The van der Waals surface area contributed by atoms with Crippen LogP contribution in [0.3, 0.4) is 0 Å². The molecule has 2 heteroatoms. The first-order valence-corrected chi connectivity index (χ1v) is 14.2. The van der Waals surface area contributed by atoms with E-state index in [-0.39, 0.29) is 0 Å². The Labute approximate surface area is 72.7 Å². The van der Waals surface area contributed by atoms with Gasteiger partial charge in [-0.1, -0.05) is 0 Å². The molecule has 0 heterocycles. The molecule has 0 aromatic rings. The molecular weight excluding hydrogens is 243 g/mol. The number of carbonyl (C=O) groups excluding carboxylic acids is 1. The first kappa shape index (κ1) is 9.30. The van der Waals surface area contributed by atoms with E-state index in [2.05, 4.69) is 20.9 Å². The van der Waals surface area contributed by atoms with Crippen LogP contribution in [0.2, 0.25) is 14.8 Å². The molecule has 1 aliphatic carbocycles. The number of Topliss-reactive ketones (excluding diaryl/α,β-unsaturated/α-hetero) is 1. The van der Waals surface area contributed by atoms with E-state index in [0.29, 0.717) is 5.78 Å². The van der Waals surface area contributed by atoms with E-state index in [0.717, 1.165) is 19.3 Å². The molecule has 0 unspecified atom stereocenters. The van der Waals surface area contributed by atoms with Crippen molar-refractivity contribution in [3.05, 3.63) is 9.67 Å². The molecule has 1 aliphatic rings. The normalized spacial score (nSPS) is 19.9. The van der Waals surface area contributed by atoms with Crippen molar-refractivity contribution in [2.45, 2.75) is 34.1 Å². The average molecular weight is 259 g/mol. The van der Waals surface area contributed by atoms with E-state index in [1.165, 1.54) is 3.59 Å². The Kier molecular flexibility index (Phi) is 2.79. The summed E-state index contributed by atoms with van der Waals surface area (Å²) in [7, 11) is 0. The Morgan fingerprint density at radius 1 is 1.36 bits per heavy atom. The van der Waals surface area contributed by atoms with Crippen LogP contribution < -0.4 is 0 Å². The van der Waals surface area contributed by atoms with E-state index in [9.17, 15) is 4.79 Å². The molecule has 11 heavy (non-hydrogen) atoms. The summed E-state index contributed by atoms with van der Waals surface area (Å²) in [6, 6.07) is 0. The van der Waals surface area contributed by atoms with Gasteiger partial charge in [0.25, 0.3) is 0 Å². The molecule has 62 valence electrons. The molecule has 0 spiro atoms. The van der Waals surface area contributed by atoms with Gasteiger partial charge in [-0.05, 0) is 0 Å². The van der Waals surface area contributed by atoms with E-state index >= 15 is 0 Å². The van der Waals surface area contributed by atoms with Gasteiger partial charge in [0.1, 0.15) is 0 Å².